The summed E-state index contributed by atoms with van der Waals surface area (Å²) < 4.78 is 0. The van der Waals surface area contributed by atoms with E-state index < -0.39 is 0 Å². The van der Waals surface area contributed by atoms with Crippen LogP contribution in [0.4, 0.5) is 5.82 Å². The Bertz CT molecular complexity index is 521. The maximum Gasteiger partial charge on any atom is 0.227 e. The van der Waals surface area contributed by atoms with Crippen molar-refractivity contribution in [3.63, 3.8) is 0 Å². The van der Waals surface area contributed by atoms with Crippen LogP contribution in [0.15, 0.2) is 36.5 Å². The van der Waals surface area contributed by atoms with Crippen LogP contribution in [0.2, 0.25) is 0 Å². The van der Waals surface area contributed by atoms with Crippen molar-refractivity contribution in [2.75, 3.05) is 5.32 Å². The maximum absolute atomic E-state index is 11.8. The first-order chi connectivity index (χ1) is 8.66. The average molecular weight is 244 g/mol. The fourth-order valence-corrected chi connectivity index (χ4v) is 1.68. The first kappa shape index (κ1) is 12.3. The van der Waals surface area contributed by atoms with Gasteiger partial charge in [0.1, 0.15) is 5.82 Å². The molecule has 0 saturated carbocycles. The Morgan fingerprint density at radius 1 is 1.44 bits per heavy atom. The van der Waals surface area contributed by atoms with Gasteiger partial charge in [0.15, 0.2) is 0 Å². The van der Waals surface area contributed by atoms with Gasteiger partial charge in [0.2, 0.25) is 5.91 Å². The van der Waals surface area contributed by atoms with Crippen molar-refractivity contribution in [3.05, 3.63) is 47.7 Å². The quantitative estimate of drug-likeness (QED) is 0.766. The maximum atomic E-state index is 11.8. The van der Waals surface area contributed by atoms with Gasteiger partial charge in [-0.3, -0.25) is 9.89 Å². The Balaban J connectivity index is 1.94. The number of aromatic nitrogens is 2. The van der Waals surface area contributed by atoms with E-state index in [1.54, 1.807) is 6.20 Å². The SMILES string of the molecule is Cc1cn[nH]c1NC(=O)CC(N)c1ccccc1. The number of H-pyrrole nitrogens is 1. The Labute approximate surface area is 105 Å². The highest BCUT2D eigenvalue weighted by Gasteiger charge is 2.12. The number of amides is 1. The van der Waals surface area contributed by atoms with Crippen LogP contribution in [-0.2, 0) is 4.79 Å². The van der Waals surface area contributed by atoms with Gasteiger partial charge in [-0.2, -0.15) is 5.10 Å². The van der Waals surface area contributed by atoms with Crippen LogP contribution in [0, 0.1) is 6.92 Å². The van der Waals surface area contributed by atoms with Gasteiger partial charge in [-0.15, -0.1) is 0 Å². The minimum Gasteiger partial charge on any atom is -0.324 e. The summed E-state index contributed by atoms with van der Waals surface area (Å²) in [5.41, 5.74) is 7.83. The van der Waals surface area contributed by atoms with E-state index in [4.69, 9.17) is 5.73 Å². The lowest BCUT2D eigenvalue weighted by molar-refractivity contribution is -0.116. The van der Waals surface area contributed by atoms with E-state index >= 15 is 0 Å². The third-order valence-electron chi connectivity index (χ3n) is 2.73. The van der Waals surface area contributed by atoms with Crippen LogP contribution in [0.5, 0.6) is 0 Å². The van der Waals surface area contributed by atoms with Gasteiger partial charge in [0, 0.05) is 18.0 Å². The largest absolute Gasteiger partial charge is 0.324 e. The summed E-state index contributed by atoms with van der Waals surface area (Å²) >= 11 is 0. The first-order valence-electron chi connectivity index (χ1n) is 5.77. The highest BCUT2D eigenvalue weighted by molar-refractivity contribution is 5.90. The summed E-state index contributed by atoms with van der Waals surface area (Å²) in [5.74, 6) is 0.499. The summed E-state index contributed by atoms with van der Waals surface area (Å²) in [4.78, 5) is 11.8. The number of nitrogens with two attached hydrogens (primary N) is 1. The second-order valence-electron chi connectivity index (χ2n) is 4.20. The van der Waals surface area contributed by atoms with E-state index in [-0.39, 0.29) is 18.4 Å². The molecule has 2 rings (SSSR count). The van der Waals surface area contributed by atoms with Crippen LogP contribution in [0.1, 0.15) is 23.6 Å². The van der Waals surface area contributed by atoms with Crippen LogP contribution in [-0.4, -0.2) is 16.1 Å². The van der Waals surface area contributed by atoms with Gasteiger partial charge < -0.3 is 11.1 Å². The highest BCUT2D eigenvalue weighted by Crippen LogP contribution is 2.15. The first-order valence-corrected chi connectivity index (χ1v) is 5.77. The van der Waals surface area contributed by atoms with E-state index in [0.29, 0.717) is 5.82 Å². The van der Waals surface area contributed by atoms with Gasteiger partial charge in [0.05, 0.1) is 6.20 Å². The van der Waals surface area contributed by atoms with Gasteiger partial charge in [0.25, 0.3) is 0 Å². The standard InChI is InChI=1S/C13H16N4O/c1-9-8-15-17-13(9)16-12(18)7-11(14)10-5-3-2-4-6-10/h2-6,8,11H,7,14H2,1H3,(H2,15,16,17,18). The molecule has 0 bridgehead atoms. The number of rotatable bonds is 4. The molecule has 1 aromatic heterocycles. The predicted octanol–water partition coefficient (Wildman–Crippen LogP) is 1.75. The summed E-state index contributed by atoms with van der Waals surface area (Å²) in [7, 11) is 0. The number of carbonyl (C=O) groups excluding carboxylic acids is 1. The van der Waals surface area contributed by atoms with Gasteiger partial charge in [-0.1, -0.05) is 30.3 Å². The lowest BCUT2D eigenvalue weighted by Crippen LogP contribution is -2.21. The van der Waals surface area contributed by atoms with E-state index in [1.807, 2.05) is 37.3 Å². The number of carbonyl (C=O) groups is 1. The molecule has 94 valence electrons. The van der Waals surface area contributed by atoms with Gasteiger partial charge >= 0.3 is 0 Å². The monoisotopic (exact) mass is 244 g/mol. The molecule has 4 N–H and O–H groups in total. The van der Waals surface area contributed by atoms with Crippen LogP contribution in [0.25, 0.3) is 0 Å². The van der Waals surface area contributed by atoms with Crippen molar-refractivity contribution in [2.45, 2.75) is 19.4 Å². The fraction of sp³-hybridized carbons (Fsp3) is 0.231. The van der Waals surface area contributed by atoms with Crippen molar-refractivity contribution in [1.29, 1.82) is 0 Å². The van der Waals surface area contributed by atoms with E-state index in [2.05, 4.69) is 15.5 Å². The number of hydrogen-bond donors (Lipinski definition) is 3. The zero-order valence-electron chi connectivity index (χ0n) is 10.2. The van der Waals surface area contributed by atoms with E-state index in [0.717, 1.165) is 11.1 Å². The topological polar surface area (TPSA) is 83.8 Å². The summed E-state index contributed by atoms with van der Waals surface area (Å²) in [6, 6.07) is 9.27. The Morgan fingerprint density at radius 2 is 2.17 bits per heavy atom. The number of nitrogens with zero attached hydrogens (tertiary/aromatic N) is 1. The third kappa shape index (κ3) is 2.95. The lowest BCUT2D eigenvalue weighted by atomic mass is 10.0. The van der Waals surface area contributed by atoms with Gasteiger partial charge in [-0.05, 0) is 12.5 Å². The van der Waals surface area contributed by atoms with Crippen molar-refractivity contribution < 1.29 is 4.79 Å². The molecule has 5 nitrogen and oxygen atoms in total. The average Bonchev–Trinajstić information content (AvgIpc) is 2.76. The number of aromatic amines is 1. The number of hydrogen-bond acceptors (Lipinski definition) is 3. The van der Waals surface area contributed by atoms with Crippen molar-refractivity contribution in [2.24, 2.45) is 5.73 Å². The van der Waals surface area contributed by atoms with Crippen molar-refractivity contribution >= 4 is 11.7 Å². The minimum absolute atomic E-state index is 0.126. The molecule has 0 fully saturated rings. The molecule has 5 heteroatoms. The molecular weight excluding hydrogens is 228 g/mol. The Morgan fingerprint density at radius 3 is 2.78 bits per heavy atom. The highest BCUT2D eigenvalue weighted by atomic mass is 16.1. The van der Waals surface area contributed by atoms with Crippen LogP contribution in [0.3, 0.4) is 0 Å². The molecular formula is C13H16N4O. The molecule has 2 aromatic rings. The van der Waals surface area contributed by atoms with Crippen molar-refractivity contribution in [3.8, 4) is 0 Å². The predicted molar refractivity (Wildman–Crippen MR) is 69.9 cm³/mol. The molecule has 0 saturated heterocycles. The summed E-state index contributed by atoms with van der Waals surface area (Å²) in [5, 5.41) is 9.32. The number of anilines is 1. The lowest BCUT2D eigenvalue weighted by Gasteiger charge is -2.11. The summed E-state index contributed by atoms with van der Waals surface area (Å²) in [6.07, 6.45) is 1.90. The summed E-state index contributed by atoms with van der Waals surface area (Å²) in [6.45, 7) is 1.87. The normalized spacial score (nSPS) is 12.1. The molecule has 1 atom stereocenters. The molecule has 0 aliphatic heterocycles. The van der Waals surface area contributed by atoms with Crippen molar-refractivity contribution in [1.82, 2.24) is 10.2 Å². The van der Waals surface area contributed by atoms with E-state index in [1.165, 1.54) is 0 Å². The molecule has 0 aliphatic rings. The number of aryl methyl sites for hydroxylation is 1. The molecule has 0 radical (unpaired) electrons. The zero-order valence-corrected chi connectivity index (χ0v) is 10.2. The number of benzene rings is 1. The fourth-order valence-electron chi connectivity index (χ4n) is 1.68. The second kappa shape index (κ2) is 5.46. The molecule has 18 heavy (non-hydrogen) atoms. The molecule has 1 heterocycles. The Kier molecular flexibility index (Phi) is 3.74. The smallest absolute Gasteiger partial charge is 0.227 e. The van der Waals surface area contributed by atoms with Gasteiger partial charge in [-0.25, -0.2) is 0 Å². The second-order valence-corrected chi connectivity index (χ2v) is 4.20. The molecule has 0 aliphatic carbocycles. The molecule has 1 unspecified atom stereocenters. The van der Waals surface area contributed by atoms with E-state index in [9.17, 15) is 4.79 Å². The third-order valence-corrected chi connectivity index (χ3v) is 2.73. The Hall–Kier alpha value is -2.14. The number of nitrogens with one attached hydrogen (secondary N) is 2. The van der Waals surface area contributed by atoms with Crippen LogP contribution >= 0.6 is 0 Å². The molecule has 1 aromatic carbocycles. The molecule has 1 amide bonds. The van der Waals surface area contributed by atoms with Crippen LogP contribution < -0.4 is 11.1 Å². The minimum atomic E-state index is -0.297. The zero-order chi connectivity index (χ0) is 13.0. The molecule has 0 spiro atoms.